The Morgan fingerprint density at radius 3 is 0.910 bits per heavy atom. The molecule has 11 aromatic carbocycles. The maximum Gasteiger partial charge on any atom is 0.245 e. The Hall–Kier alpha value is -9.12. The van der Waals surface area contributed by atoms with E-state index >= 15 is 0 Å². The third-order valence-corrected chi connectivity index (χ3v) is 18.5. The molecule has 0 bridgehead atoms. The van der Waals surface area contributed by atoms with Gasteiger partial charge in [-0.2, -0.15) is 0 Å². The molecule has 0 fully saturated rings. The smallest absolute Gasteiger partial charge is 0.245 e. The van der Waals surface area contributed by atoms with Crippen LogP contribution in [-0.2, 0) is 0 Å². The standard InChI is InChI=1S/C70H50B4N4/c1-43-21-19-22-44(2)65(43)71-49-29-11-13-31-51(49)73-55-41-56-64(42-63(55)77-59-35-17-15-33-57(59)75(47-25-7-5-8-26-47)61-39-37-53(71)67(73)69(61)77)78-60-36-18-16-34-58(60)76(48-27-9-6-10-28-48)62-40-38-54-68(70(62)78)74(56)52-32-14-12-30-50(52)72(54)66-45(3)23-20-24-46(66)4/h5-42H,1-4H3. The molecular weight excluding hydrogens is 940 g/mol. The minimum absolute atomic E-state index is 0.0400. The van der Waals surface area contributed by atoms with E-state index in [9.17, 15) is 0 Å². The van der Waals surface area contributed by atoms with Crippen LogP contribution in [0.5, 0.6) is 0 Å². The van der Waals surface area contributed by atoms with Gasteiger partial charge in [-0.15, -0.1) is 0 Å². The van der Waals surface area contributed by atoms with E-state index in [1.54, 1.807) is 0 Å². The van der Waals surface area contributed by atoms with Gasteiger partial charge in [-0.25, -0.2) is 0 Å². The van der Waals surface area contributed by atoms with Crippen molar-refractivity contribution >= 4 is 161 Å². The number of hydrogen-bond acceptors (Lipinski definition) is 4. The highest BCUT2D eigenvalue weighted by Gasteiger charge is 2.53. The molecule has 6 aliphatic rings. The molecule has 6 heterocycles. The zero-order chi connectivity index (χ0) is 51.7. The lowest BCUT2D eigenvalue weighted by Crippen LogP contribution is -2.79. The zero-order valence-electron chi connectivity index (χ0n) is 44.0. The van der Waals surface area contributed by atoms with Gasteiger partial charge < -0.3 is 19.6 Å². The summed E-state index contributed by atoms with van der Waals surface area (Å²) in [5, 5.41) is 0. The van der Waals surface area contributed by atoms with Gasteiger partial charge in [-0.05, 0) is 116 Å². The Kier molecular flexibility index (Phi) is 9.15. The first-order valence-corrected chi connectivity index (χ1v) is 27.7. The lowest BCUT2D eigenvalue weighted by molar-refractivity contribution is 1.16. The van der Waals surface area contributed by atoms with Gasteiger partial charge in [0, 0.05) is 22.7 Å². The lowest BCUT2D eigenvalue weighted by Gasteiger charge is -2.51. The van der Waals surface area contributed by atoms with Crippen LogP contribution in [0.3, 0.4) is 0 Å². The van der Waals surface area contributed by atoms with Crippen molar-refractivity contribution in [2.24, 2.45) is 0 Å². The average Bonchev–Trinajstić information content (AvgIpc) is 3.34. The normalized spacial score (nSPS) is 14.2. The fraction of sp³-hybridized carbons (Fsp3) is 0.0571. The first-order valence-electron chi connectivity index (χ1n) is 27.7. The SMILES string of the molecule is Cc1cccc(C)c1B1c2ccccc2B2c3cc4c(cc3N3c5ccccc5N(c5ccccc5)c5ccc1c2c53)N1c2ccccc2N(c2ccccc2)c2ccc3c(c21)B4c1ccccc1B3c1c(C)cccc1C. The van der Waals surface area contributed by atoms with Crippen LogP contribution in [0, 0.1) is 27.7 Å². The molecule has 6 aliphatic heterocycles. The highest BCUT2D eigenvalue weighted by Crippen LogP contribution is 2.58. The van der Waals surface area contributed by atoms with Gasteiger partial charge in [0.2, 0.25) is 26.9 Å². The van der Waals surface area contributed by atoms with E-state index in [1.807, 2.05) is 0 Å². The highest BCUT2D eigenvalue weighted by atomic mass is 15.3. The Balaban J connectivity index is 1.01. The predicted molar refractivity (Wildman–Crippen MR) is 336 cm³/mol. The van der Waals surface area contributed by atoms with Crippen molar-refractivity contribution in [2.45, 2.75) is 27.7 Å². The summed E-state index contributed by atoms with van der Waals surface area (Å²) in [6, 6.07) is 88.0. The number of benzene rings is 11. The molecule has 0 spiro atoms. The fourth-order valence-electron chi connectivity index (χ4n) is 15.6. The van der Waals surface area contributed by atoms with Gasteiger partial charge >= 0.3 is 0 Å². The molecular formula is C70H50B4N4. The molecule has 4 nitrogen and oxygen atoms in total. The molecule has 0 atom stereocenters. The third-order valence-electron chi connectivity index (χ3n) is 18.5. The van der Waals surface area contributed by atoms with E-state index < -0.39 is 0 Å². The molecule has 0 saturated carbocycles. The molecule has 0 N–H and O–H groups in total. The van der Waals surface area contributed by atoms with E-state index in [4.69, 9.17) is 0 Å². The van der Waals surface area contributed by atoms with Crippen molar-refractivity contribution in [1.82, 2.24) is 0 Å². The summed E-state index contributed by atoms with van der Waals surface area (Å²) in [5.41, 5.74) is 36.3. The summed E-state index contributed by atoms with van der Waals surface area (Å²) in [4.78, 5) is 10.4. The highest BCUT2D eigenvalue weighted by molar-refractivity contribution is 7.14. The Labute approximate surface area is 458 Å². The van der Waals surface area contributed by atoms with Gasteiger partial charge in [0.1, 0.15) is 0 Å². The summed E-state index contributed by atoms with van der Waals surface area (Å²) in [6.45, 7) is 9.27. The topological polar surface area (TPSA) is 13.0 Å². The summed E-state index contributed by atoms with van der Waals surface area (Å²) in [6.07, 6.45) is 0. The minimum Gasteiger partial charge on any atom is -0.307 e. The maximum absolute atomic E-state index is 2.70. The first kappa shape index (κ1) is 44.1. The van der Waals surface area contributed by atoms with Crippen LogP contribution >= 0.6 is 0 Å². The first-order chi connectivity index (χ1) is 38.4. The van der Waals surface area contributed by atoms with Gasteiger partial charge in [-0.1, -0.05) is 230 Å². The van der Waals surface area contributed by atoms with Crippen molar-refractivity contribution in [3.05, 3.63) is 253 Å². The van der Waals surface area contributed by atoms with Crippen molar-refractivity contribution in [3.63, 3.8) is 0 Å². The van der Waals surface area contributed by atoms with E-state index in [2.05, 4.69) is 278 Å². The summed E-state index contributed by atoms with van der Waals surface area (Å²) >= 11 is 0. The zero-order valence-corrected chi connectivity index (χ0v) is 44.0. The van der Waals surface area contributed by atoms with E-state index in [0.29, 0.717) is 0 Å². The quantitative estimate of drug-likeness (QED) is 0.164. The largest absolute Gasteiger partial charge is 0.307 e. The second-order valence-electron chi connectivity index (χ2n) is 22.4. The van der Waals surface area contributed by atoms with Crippen molar-refractivity contribution in [1.29, 1.82) is 0 Å². The van der Waals surface area contributed by atoms with Crippen LogP contribution in [0.1, 0.15) is 22.3 Å². The minimum atomic E-state index is -0.0400. The molecule has 0 amide bonds. The number of anilines is 12. The van der Waals surface area contributed by atoms with E-state index in [-0.39, 0.29) is 26.9 Å². The molecule has 362 valence electrons. The molecule has 11 aromatic rings. The number of fused-ring (bicyclic) bond motifs is 14. The van der Waals surface area contributed by atoms with Crippen LogP contribution in [0.25, 0.3) is 0 Å². The second kappa shape index (κ2) is 16.2. The number of para-hydroxylation sites is 6. The molecule has 0 radical (unpaired) electrons. The third kappa shape index (κ3) is 5.74. The monoisotopic (exact) mass is 990 g/mol. The number of hydrogen-bond donors (Lipinski definition) is 0. The van der Waals surface area contributed by atoms with Gasteiger partial charge in [0.15, 0.2) is 0 Å². The van der Waals surface area contributed by atoms with Crippen LogP contribution in [0.4, 0.5) is 68.2 Å². The van der Waals surface area contributed by atoms with Crippen LogP contribution in [-0.4, -0.2) is 26.9 Å². The van der Waals surface area contributed by atoms with Crippen LogP contribution in [0.2, 0.25) is 0 Å². The Morgan fingerprint density at radius 2 is 0.538 bits per heavy atom. The fourth-order valence-corrected chi connectivity index (χ4v) is 15.6. The van der Waals surface area contributed by atoms with E-state index in [1.165, 1.54) is 145 Å². The molecule has 78 heavy (non-hydrogen) atoms. The average molecular weight is 990 g/mol. The number of rotatable bonds is 4. The van der Waals surface area contributed by atoms with Gasteiger partial charge in [0.25, 0.3) is 0 Å². The second-order valence-corrected chi connectivity index (χ2v) is 22.4. The lowest BCUT2D eigenvalue weighted by atomic mass is 9.18. The predicted octanol–water partition coefficient (Wildman–Crippen LogP) is 8.74. The molecule has 0 unspecified atom stereocenters. The van der Waals surface area contributed by atoms with Gasteiger partial charge in [-0.3, -0.25) is 0 Å². The van der Waals surface area contributed by atoms with Crippen molar-refractivity contribution in [2.75, 3.05) is 19.6 Å². The van der Waals surface area contributed by atoms with Gasteiger partial charge in [0.05, 0.1) is 45.5 Å². The summed E-state index contributed by atoms with van der Waals surface area (Å²) in [5.74, 6) is 0. The van der Waals surface area contributed by atoms with E-state index in [0.717, 1.165) is 11.4 Å². The number of aryl methyl sites for hydroxylation is 4. The Bertz CT molecular complexity index is 4090. The molecule has 17 rings (SSSR count). The van der Waals surface area contributed by atoms with Crippen molar-refractivity contribution in [3.8, 4) is 0 Å². The van der Waals surface area contributed by atoms with Crippen LogP contribution < -0.4 is 85.2 Å². The maximum atomic E-state index is 2.70. The summed E-state index contributed by atoms with van der Waals surface area (Å²) < 4.78 is 0. The van der Waals surface area contributed by atoms with Crippen molar-refractivity contribution < 1.29 is 0 Å². The molecule has 0 aliphatic carbocycles. The number of nitrogens with zero attached hydrogens (tertiary/aromatic N) is 4. The Morgan fingerprint density at radius 1 is 0.218 bits per heavy atom. The summed E-state index contributed by atoms with van der Waals surface area (Å²) in [7, 11) is 0. The molecule has 0 saturated heterocycles. The molecule has 0 aromatic heterocycles. The molecule has 8 heteroatoms. The van der Waals surface area contributed by atoms with Crippen LogP contribution in [0.15, 0.2) is 231 Å².